The number of anilines is 1. The number of hydrogen-bond acceptors (Lipinski definition) is 4. The van der Waals surface area contributed by atoms with Crippen molar-refractivity contribution in [2.75, 3.05) is 11.9 Å². The van der Waals surface area contributed by atoms with Gasteiger partial charge < -0.3 is 15.2 Å². The number of aromatic nitrogens is 3. The summed E-state index contributed by atoms with van der Waals surface area (Å²) in [5.41, 5.74) is 7.63. The summed E-state index contributed by atoms with van der Waals surface area (Å²) >= 11 is 1.53. The van der Waals surface area contributed by atoms with Crippen LogP contribution in [0.2, 0.25) is 0 Å². The van der Waals surface area contributed by atoms with Gasteiger partial charge in [0.05, 0.1) is 16.5 Å². The Kier molecular flexibility index (Phi) is 3.86. The number of fused-ring (bicyclic) bond motifs is 2. The monoisotopic (exact) mass is 375 g/mol. The Morgan fingerprint density at radius 1 is 1.19 bits per heavy atom. The molecular formula is C20H17N5OS. The third kappa shape index (κ3) is 3.06. The van der Waals surface area contributed by atoms with E-state index in [1.807, 2.05) is 40.6 Å². The van der Waals surface area contributed by atoms with Gasteiger partial charge in [-0.25, -0.2) is 14.8 Å². The molecule has 2 N–H and O–H groups in total. The molecule has 0 unspecified atom stereocenters. The summed E-state index contributed by atoms with van der Waals surface area (Å²) in [6, 6.07) is 13.9. The van der Waals surface area contributed by atoms with E-state index in [0.29, 0.717) is 6.54 Å². The molecule has 1 aliphatic heterocycles. The summed E-state index contributed by atoms with van der Waals surface area (Å²) in [7, 11) is 0. The molecule has 6 nitrogen and oxygen atoms in total. The minimum Gasteiger partial charge on any atom is -0.337 e. The predicted octanol–water partition coefficient (Wildman–Crippen LogP) is 4.28. The number of carbonyl (C=O) groups is 1. The fourth-order valence-corrected chi connectivity index (χ4v) is 3.95. The van der Waals surface area contributed by atoms with Crippen LogP contribution in [-0.2, 0) is 13.0 Å². The van der Waals surface area contributed by atoms with Crippen molar-refractivity contribution in [2.45, 2.75) is 13.0 Å². The van der Waals surface area contributed by atoms with Crippen LogP contribution < -0.4 is 5.32 Å². The number of urea groups is 1. The van der Waals surface area contributed by atoms with E-state index < -0.39 is 0 Å². The van der Waals surface area contributed by atoms with Crippen molar-refractivity contribution < 1.29 is 4.79 Å². The highest BCUT2D eigenvalue weighted by Gasteiger charge is 2.20. The Balaban J connectivity index is 1.34. The minimum atomic E-state index is -0.0805. The fourth-order valence-electron chi connectivity index (χ4n) is 3.41. The van der Waals surface area contributed by atoms with Gasteiger partial charge in [0.1, 0.15) is 5.69 Å². The van der Waals surface area contributed by atoms with Crippen LogP contribution in [0, 0.1) is 0 Å². The number of H-pyrrole nitrogens is 1. The average molecular weight is 375 g/mol. The Morgan fingerprint density at radius 2 is 2.07 bits per heavy atom. The number of amides is 2. The van der Waals surface area contributed by atoms with Gasteiger partial charge in [-0.15, -0.1) is 11.3 Å². The molecule has 27 heavy (non-hydrogen) atoms. The molecule has 0 radical (unpaired) electrons. The smallest absolute Gasteiger partial charge is 0.322 e. The second-order valence-corrected chi connectivity index (χ2v) is 7.28. The van der Waals surface area contributed by atoms with Crippen molar-refractivity contribution in [2.24, 2.45) is 0 Å². The quantitative estimate of drug-likeness (QED) is 0.549. The summed E-state index contributed by atoms with van der Waals surface area (Å²) in [6.45, 7) is 1.37. The molecular weight excluding hydrogens is 358 g/mol. The van der Waals surface area contributed by atoms with E-state index in [1.54, 1.807) is 5.51 Å². The third-order valence-corrected chi connectivity index (χ3v) is 5.41. The zero-order chi connectivity index (χ0) is 18.2. The first-order valence-corrected chi connectivity index (χ1v) is 9.71. The Hall–Kier alpha value is -3.19. The maximum atomic E-state index is 12.7. The predicted molar refractivity (Wildman–Crippen MR) is 107 cm³/mol. The number of imidazole rings is 1. The molecule has 0 bridgehead atoms. The lowest BCUT2D eigenvalue weighted by Gasteiger charge is -2.28. The number of benzene rings is 2. The molecule has 7 heteroatoms. The molecule has 2 aromatic heterocycles. The molecule has 0 spiro atoms. The summed E-state index contributed by atoms with van der Waals surface area (Å²) in [6.07, 6.45) is 0.889. The van der Waals surface area contributed by atoms with Crippen LogP contribution >= 0.6 is 11.3 Å². The number of nitrogens with zero attached hydrogens (tertiary/aromatic N) is 3. The van der Waals surface area contributed by atoms with Crippen LogP contribution in [0.25, 0.3) is 22.6 Å². The highest BCUT2D eigenvalue weighted by atomic mass is 32.1. The van der Waals surface area contributed by atoms with E-state index in [9.17, 15) is 4.79 Å². The van der Waals surface area contributed by atoms with Crippen LogP contribution in [0.5, 0.6) is 0 Å². The largest absolute Gasteiger partial charge is 0.337 e. The Labute approximate surface area is 159 Å². The van der Waals surface area contributed by atoms with Crippen molar-refractivity contribution in [3.05, 3.63) is 64.5 Å². The Morgan fingerprint density at radius 3 is 2.93 bits per heavy atom. The number of carbonyl (C=O) groups excluding carboxylic acids is 1. The van der Waals surface area contributed by atoms with Gasteiger partial charge in [-0.05, 0) is 35.7 Å². The molecule has 2 aromatic carbocycles. The highest BCUT2D eigenvalue weighted by Crippen LogP contribution is 2.24. The second kappa shape index (κ2) is 6.51. The summed E-state index contributed by atoms with van der Waals surface area (Å²) in [5, 5.41) is 4.96. The van der Waals surface area contributed by atoms with Crippen molar-refractivity contribution >= 4 is 34.1 Å². The SMILES string of the molecule is O=C(Nc1ccc2nc(-c3cscn3)[nH]c2c1)N1CCc2ccccc2C1. The van der Waals surface area contributed by atoms with Gasteiger partial charge in [0, 0.05) is 24.2 Å². The van der Waals surface area contributed by atoms with E-state index in [-0.39, 0.29) is 6.03 Å². The molecule has 0 atom stereocenters. The van der Waals surface area contributed by atoms with Gasteiger partial charge >= 0.3 is 6.03 Å². The Bertz CT molecular complexity index is 1120. The first-order valence-electron chi connectivity index (χ1n) is 8.77. The van der Waals surface area contributed by atoms with Crippen LogP contribution in [0.15, 0.2) is 53.4 Å². The number of aromatic amines is 1. The van der Waals surface area contributed by atoms with Gasteiger partial charge in [0.15, 0.2) is 5.82 Å². The molecule has 0 saturated carbocycles. The molecule has 134 valence electrons. The first kappa shape index (κ1) is 16.0. The topological polar surface area (TPSA) is 73.9 Å². The third-order valence-electron chi connectivity index (χ3n) is 4.83. The molecule has 3 heterocycles. The van der Waals surface area contributed by atoms with Gasteiger partial charge in [-0.1, -0.05) is 24.3 Å². The average Bonchev–Trinajstić information content (AvgIpc) is 3.36. The van der Waals surface area contributed by atoms with Gasteiger partial charge in [0.25, 0.3) is 0 Å². The molecule has 0 saturated heterocycles. The summed E-state index contributed by atoms with van der Waals surface area (Å²) in [5.74, 6) is 0.738. The van der Waals surface area contributed by atoms with Crippen molar-refractivity contribution in [1.29, 1.82) is 0 Å². The molecule has 5 rings (SSSR count). The van der Waals surface area contributed by atoms with Crippen LogP contribution in [0.3, 0.4) is 0 Å². The number of hydrogen-bond donors (Lipinski definition) is 2. The van der Waals surface area contributed by atoms with Crippen LogP contribution in [0.1, 0.15) is 11.1 Å². The number of nitrogens with one attached hydrogen (secondary N) is 2. The maximum Gasteiger partial charge on any atom is 0.322 e. The standard InChI is InChI=1S/C20H17N5OS/c26-20(25-8-7-13-3-1-2-4-14(13)10-25)22-15-5-6-16-17(9-15)24-19(23-16)18-11-27-12-21-18/h1-6,9,11-12H,7-8,10H2,(H,22,26)(H,23,24). The molecule has 0 fully saturated rings. The second-order valence-electron chi connectivity index (χ2n) is 6.56. The van der Waals surface area contributed by atoms with E-state index >= 15 is 0 Å². The first-order chi connectivity index (χ1) is 13.3. The van der Waals surface area contributed by atoms with Gasteiger partial charge in [0.2, 0.25) is 0 Å². The zero-order valence-corrected chi connectivity index (χ0v) is 15.3. The van der Waals surface area contributed by atoms with Crippen LogP contribution in [-0.4, -0.2) is 32.4 Å². The highest BCUT2D eigenvalue weighted by molar-refractivity contribution is 7.07. The number of rotatable bonds is 2. The maximum absolute atomic E-state index is 12.7. The van der Waals surface area contributed by atoms with E-state index in [0.717, 1.165) is 41.2 Å². The van der Waals surface area contributed by atoms with Crippen molar-refractivity contribution in [1.82, 2.24) is 19.9 Å². The van der Waals surface area contributed by atoms with E-state index in [1.165, 1.54) is 22.5 Å². The van der Waals surface area contributed by atoms with Crippen molar-refractivity contribution in [3.63, 3.8) is 0 Å². The summed E-state index contributed by atoms with van der Waals surface area (Å²) in [4.78, 5) is 26.6. The van der Waals surface area contributed by atoms with Gasteiger partial charge in [-0.2, -0.15) is 0 Å². The van der Waals surface area contributed by atoms with E-state index in [2.05, 4.69) is 32.4 Å². The lowest BCUT2D eigenvalue weighted by molar-refractivity contribution is 0.206. The summed E-state index contributed by atoms with van der Waals surface area (Å²) < 4.78 is 0. The molecule has 1 aliphatic rings. The van der Waals surface area contributed by atoms with Crippen molar-refractivity contribution in [3.8, 4) is 11.5 Å². The zero-order valence-electron chi connectivity index (χ0n) is 14.5. The molecule has 0 aliphatic carbocycles. The number of thiazole rings is 1. The van der Waals surface area contributed by atoms with Gasteiger partial charge in [-0.3, -0.25) is 0 Å². The molecule has 4 aromatic rings. The fraction of sp³-hybridized carbons (Fsp3) is 0.150. The van der Waals surface area contributed by atoms with E-state index in [4.69, 9.17) is 0 Å². The van der Waals surface area contributed by atoms with Crippen LogP contribution in [0.4, 0.5) is 10.5 Å². The molecule has 2 amide bonds. The lowest BCUT2D eigenvalue weighted by atomic mass is 10.0. The normalized spacial score (nSPS) is 13.6. The lowest BCUT2D eigenvalue weighted by Crippen LogP contribution is -2.38. The minimum absolute atomic E-state index is 0.0805.